The quantitative estimate of drug-likeness (QED) is 0.225. The highest BCUT2D eigenvalue weighted by Gasteiger charge is 2.38. The van der Waals surface area contributed by atoms with Gasteiger partial charge in [0.2, 0.25) is 0 Å². The van der Waals surface area contributed by atoms with E-state index in [0.29, 0.717) is 5.92 Å². The van der Waals surface area contributed by atoms with Gasteiger partial charge in [-0.15, -0.1) is 6.58 Å². The Morgan fingerprint density at radius 1 is 0.686 bits per heavy atom. The normalized spacial score (nSPS) is 31.1. The summed E-state index contributed by atoms with van der Waals surface area (Å²) in [5, 5.41) is 0. The third kappa shape index (κ3) is 5.22. The fraction of sp³-hybridized carbons (Fsp3) is 0.548. The SMILES string of the molecule is C=CCC1CC2CCC(C3CCC(c4ccc(-c5cc(F)c(F)c(F)c5)c(F)c4)CC3)CCC2C1. The topological polar surface area (TPSA) is 0 Å². The molecular weight excluding hydrogens is 448 g/mol. The van der Waals surface area contributed by atoms with Crippen molar-refractivity contribution < 1.29 is 17.6 Å². The molecule has 0 amide bonds. The summed E-state index contributed by atoms with van der Waals surface area (Å²) in [6.07, 6.45) is 16.1. The summed E-state index contributed by atoms with van der Waals surface area (Å²) in [5.74, 6) is -0.0112. The Labute approximate surface area is 206 Å². The average Bonchev–Trinajstić information content (AvgIpc) is 3.13. The van der Waals surface area contributed by atoms with Crippen LogP contribution < -0.4 is 0 Å². The minimum Gasteiger partial charge on any atom is -0.206 e. The van der Waals surface area contributed by atoms with Crippen LogP contribution in [0.4, 0.5) is 17.6 Å². The van der Waals surface area contributed by atoms with E-state index in [1.54, 1.807) is 6.07 Å². The predicted molar refractivity (Wildman–Crippen MR) is 133 cm³/mol. The lowest BCUT2D eigenvalue weighted by atomic mass is 9.71. The number of rotatable bonds is 5. The van der Waals surface area contributed by atoms with Gasteiger partial charge >= 0.3 is 0 Å². The first-order valence-electron chi connectivity index (χ1n) is 13.5. The zero-order chi connectivity index (χ0) is 24.5. The molecule has 5 rings (SSSR count). The number of hydrogen-bond acceptors (Lipinski definition) is 0. The monoisotopic (exact) mass is 484 g/mol. The predicted octanol–water partition coefficient (Wildman–Crippen LogP) is 9.59. The molecule has 2 atom stereocenters. The van der Waals surface area contributed by atoms with Crippen LogP contribution in [-0.2, 0) is 0 Å². The summed E-state index contributed by atoms with van der Waals surface area (Å²) in [5.41, 5.74) is 1.07. The number of halogens is 4. The zero-order valence-electron chi connectivity index (χ0n) is 20.4. The van der Waals surface area contributed by atoms with Crippen LogP contribution in [0.25, 0.3) is 11.1 Å². The molecule has 3 aliphatic carbocycles. The minimum atomic E-state index is -1.53. The second kappa shape index (κ2) is 10.5. The van der Waals surface area contributed by atoms with Crippen molar-refractivity contribution in [1.29, 1.82) is 0 Å². The molecule has 4 heteroatoms. The number of benzene rings is 2. The summed E-state index contributed by atoms with van der Waals surface area (Å²) in [6.45, 7) is 3.93. The maximum Gasteiger partial charge on any atom is 0.194 e. The van der Waals surface area contributed by atoms with Gasteiger partial charge < -0.3 is 0 Å². The van der Waals surface area contributed by atoms with Gasteiger partial charge in [-0.25, -0.2) is 17.6 Å². The lowest BCUT2D eigenvalue weighted by Crippen LogP contribution is -2.21. The van der Waals surface area contributed by atoms with E-state index >= 15 is 0 Å². The molecule has 0 aromatic heterocycles. The van der Waals surface area contributed by atoms with Gasteiger partial charge in [0, 0.05) is 5.56 Å². The third-order valence-electron chi connectivity index (χ3n) is 9.45. The van der Waals surface area contributed by atoms with Crippen LogP contribution in [0.15, 0.2) is 43.0 Å². The van der Waals surface area contributed by atoms with E-state index in [0.717, 1.165) is 60.1 Å². The maximum absolute atomic E-state index is 14.9. The Hall–Kier alpha value is -2.10. The molecule has 3 fully saturated rings. The lowest BCUT2D eigenvalue weighted by Gasteiger charge is -2.34. The van der Waals surface area contributed by atoms with E-state index in [4.69, 9.17) is 0 Å². The molecule has 3 saturated carbocycles. The van der Waals surface area contributed by atoms with Crippen molar-refractivity contribution in [2.75, 3.05) is 0 Å². The third-order valence-corrected chi connectivity index (χ3v) is 9.45. The molecule has 2 aromatic carbocycles. The van der Waals surface area contributed by atoms with Crippen molar-refractivity contribution in [3.63, 3.8) is 0 Å². The Morgan fingerprint density at radius 2 is 1.23 bits per heavy atom. The van der Waals surface area contributed by atoms with Gasteiger partial charge in [-0.1, -0.05) is 18.2 Å². The van der Waals surface area contributed by atoms with Crippen LogP contribution in [0.3, 0.4) is 0 Å². The standard InChI is InChI=1S/C31H36F4/c1-2-3-19-14-23-10-8-21(9-11-24(23)15-19)20-4-6-22(7-5-20)25-12-13-27(28(32)16-25)26-17-29(33)31(35)30(34)18-26/h2,12-13,16-24H,1,3-11,14-15H2. The second-order valence-corrected chi connectivity index (χ2v) is 11.4. The van der Waals surface area contributed by atoms with Crippen molar-refractivity contribution in [1.82, 2.24) is 0 Å². The molecule has 2 aromatic rings. The Kier molecular flexibility index (Phi) is 7.37. The highest BCUT2D eigenvalue weighted by Crippen LogP contribution is 2.50. The fourth-order valence-corrected chi connectivity index (χ4v) is 7.60. The molecule has 0 N–H and O–H groups in total. The van der Waals surface area contributed by atoms with Gasteiger partial charge in [0.25, 0.3) is 0 Å². The molecular formula is C31H36F4. The first-order chi connectivity index (χ1) is 16.9. The van der Waals surface area contributed by atoms with Crippen LogP contribution in [-0.4, -0.2) is 0 Å². The van der Waals surface area contributed by atoms with Crippen LogP contribution in [0.5, 0.6) is 0 Å². The molecule has 188 valence electrons. The van der Waals surface area contributed by atoms with E-state index < -0.39 is 23.3 Å². The van der Waals surface area contributed by atoms with E-state index in [-0.39, 0.29) is 11.1 Å². The molecule has 0 saturated heterocycles. The van der Waals surface area contributed by atoms with Gasteiger partial charge in [-0.3, -0.25) is 0 Å². The van der Waals surface area contributed by atoms with Gasteiger partial charge in [-0.05, 0) is 135 Å². The van der Waals surface area contributed by atoms with Gasteiger partial charge in [0.1, 0.15) is 5.82 Å². The molecule has 3 aliphatic rings. The Balaban J connectivity index is 1.18. The highest BCUT2D eigenvalue weighted by molar-refractivity contribution is 5.65. The summed E-state index contributed by atoms with van der Waals surface area (Å²) < 4.78 is 55.4. The first kappa shape index (κ1) is 24.6. The van der Waals surface area contributed by atoms with Crippen molar-refractivity contribution in [2.24, 2.45) is 29.6 Å². The van der Waals surface area contributed by atoms with Crippen molar-refractivity contribution >= 4 is 0 Å². The summed E-state index contributed by atoms with van der Waals surface area (Å²) >= 11 is 0. The summed E-state index contributed by atoms with van der Waals surface area (Å²) in [6, 6.07) is 6.65. The fourth-order valence-electron chi connectivity index (χ4n) is 7.60. The van der Waals surface area contributed by atoms with Crippen LogP contribution in [0.2, 0.25) is 0 Å². The summed E-state index contributed by atoms with van der Waals surface area (Å²) in [4.78, 5) is 0. The van der Waals surface area contributed by atoms with Crippen LogP contribution >= 0.6 is 0 Å². The number of allylic oxidation sites excluding steroid dienone is 1. The highest BCUT2D eigenvalue weighted by atomic mass is 19.2. The Bertz CT molecular complexity index is 1010. The average molecular weight is 485 g/mol. The molecule has 35 heavy (non-hydrogen) atoms. The smallest absolute Gasteiger partial charge is 0.194 e. The molecule has 0 radical (unpaired) electrons. The van der Waals surface area contributed by atoms with Crippen molar-refractivity contribution in [3.05, 3.63) is 71.8 Å². The van der Waals surface area contributed by atoms with Gasteiger partial charge in [0.05, 0.1) is 0 Å². The van der Waals surface area contributed by atoms with E-state index in [9.17, 15) is 17.6 Å². The second-order valence-electron chi connectivity index (χ2n) is 11.4. The van der Waals surface area contributed by atoms with E-state index in [1.807, 2.05) is 6.07 Å². The van der Waals surface area contributed by atoms with Crippen LogP contribution in [0.1, 0.15) is 82.1 Å². The van der Waals surface area contributed by atoms with Gasteiger partial charge in [0.15, 0.2) is 17.5 Å². The first-order valence-corrected chi connectivity index (χ1v) is 13.5. The zero-order valence-corrected chi connectivity index (χ0v) is 20.4. The van der Waals surface area contributed by atoms with Crippen LogP contribution in [0, 0.1) is 52.9 Å². The molecule has 0 heterocycles. The Morgan fingerprint density at radius 3 is 1.77 bits per heavy atom. The summed E-state index contributed by atoms with van der Waals surface area (Å²) in [7, 11) is 0. The van der Waals surface area contributed by atoms with Gasteiger partial charge in [-0.2, -0.15) is 0 Å². The molecule has 0 spiro atoms. The number of fused-ring (bicyclic) bond motifs is 1. The van der Waals surface area contributed by atoms with Crippen molar-refractivity contribution in [3.8, 4) is 11.1 Å². The maximum atomic E-state index is 14.9. The van der Waals surface area contributed by atoms with E-state index in [2.05, 4.69) is 12.7 Å². The molecule has 0 aliphatic heterocycles. The molecule has 0 bridgehead atoms. The van der Waals surface area contributed by atoms with Crippen molar-refractivity contribution in [2.45, 2.75) is 76.5 Å². The number of hydrogen-bond donors (Lipinski definition) is 0. The lowest BCUT2D eigenvalue weighted by molar-refractivity contribution is 0.209. The molecule has 0 nitrogen and oxygen atoms in total. The molecule has 2 unspecified atom stereocenters. The largest absolute Gasteiger partial charge is 0.206 e. The van der Waals surface area contributed by atoms with E-state index in [1.165, 1.54) is 63.9 Å². The minimum absolute atomic E-state index is 0.0168.